The first-order valence-corrected chi connectivity index (χ1v) is 9.39. The van der Waals surface area contributed by atoms with Gasteiger partial charge in [0.25, 0.3) is 5.91 Å². The number of ether oxygens (including phenoxy) is 2. The number of hydrogen-bond donors (Lipinski definition) is 1. The molecule has 7 heteroatoms. The molecule has 3 rings (SSSR count). The zero-order chi connectivity index (χ0) is 19.6. The van der Waals surface area contributed by atoms with Gasteiger partial charge in [-0.3, -0.25) is 4.79 Å². The van der Waals surface area contributed by atoms with Crippen LogP contribution in [0.25, 0.3) is 0 Å². The molecule has 2 aliphatic carbocycles. The van der Waals surface area contributed by atoms with E-state index >= 15 is 0 Å². The number of hydrogen-bond acceptors (Lipinski definition) is 4. The number of halogens is 2. The third-order valence-corrected chi connectivity index (χ3v) is 5.77. The van der Waals surface area contributed by atoms with Gasteiger partial charge in [0.1, 0.15) is 5.75 Å². The van der Waals surface area contributed by atoms with E-state index in [0.29, 0.717) is 11.8 Å². The first kappa shape index (κ1) is 19.6. The summed E-state index contributed by atoms with van der Waals surface area (Å²) in [6.07, 6.45) is 4.03. The predicted octanol–water partition coefficient (Wildman–Crippen LogP) is 3.77. The zero-order valence-electron chi connectivity index (χ0n) is 15.5. The standard InChI is InChI=1S/C20H25F2NO4/c1-11(17-10-13-3-4-15(17)9-13)23-18(24)12(2)26-19(25)14-5-7-16(8-6-14)27-20(21)22/h5-8,11-13,15,17,20H,3-4,9-10H2,1-2H3,(H,23,24)/t11-,12+,13+,15+,17+/m1/s1. The number of alkyl halides is 2. The van der Waals surface area contributed by atoms with E-state index in [-0.39, 0.29) is 23.3 Å². The van der Waals surface area contributed by atoms with E-state index in [0.717, 1.165) is 12.3 Å². The Bertz CT molecular complexity index is 679. The van der Waals surface area contributed by atoms with Crippen LogP contribution in [0.15, 0.2) is 24.3 Å². The molecular weight excluding hydrogens is 356 g/mol. The number of carbonyl (C=O) groups is 2. The first-order valence-electron chi connectivity index (χ1n) is 9.39. The molecule has 5 atom stereocenters. The fourth-order valence-electron chi connectivity index (χ4n) is 4.41. The van der Waals surface area contributed by atoms with Gasteiger partial charge in [-0.2, -0.15) is 8.78 Å². The van der Waals surface area contributed by atoms with E-state index in [9.17, 15) is 18.4 Å². The molecule has 27 heavy (non-hydrogen) atoms. The third kappa shape index (κ3) is 4.76. The van der Waals surface area contributed by atoms with Gasteiger partial charge in [0.15, 0.2) is 6.10 Å². The molecule has 0 aliphatic heterocycles. The second-order valence-electron chi connectivity index (χ2n) is 7.59. The topological polar surface area (TPSA) is 64.6 Å². The van der Waals surface area contributed by atoms with E-state index in [1.807, 2.05) is 6.92 Å². The van der Waals surface area contributed by atoms with Gasteiger partial charge in [-0.15, -0.1) is 0 Å². The maximum absolute atomic E-state index is 12.4. The van der Waals surface area contributed by atoms with Crippen LogP contribution in [0.4, 0.5) is 8.78 Å². The summed E-state index contributed by atoms with van der Waals surface area (Å²) in [5.41, 5.74) is 0.164. The molecule has 1 aromatic rings. The molecule has 148 valence electrons. The summed E-state index contributed by atoms with van der Waals surface area (Å²) in [6.45, 7) is 0.609. The minimum atomic E-state index is -2.93. The van der Waals surface area contributed by atoms with Gasteiger partial charge in [-0.1, -0.05) is 6.42 Å². The van der Waals surface area contributed by atoms with Crippen LogP contribution >= 0.6 is 0 Å². The molecule has 0 saturated heterocycles. The summed E-state index contributed by atoms with van der Waals surface area (Å²) >= 11 is 0. The molecule has 2 saturated carbocycles. The quantitative estimate of drug-likeness (QED) is 0.730. The fourth-order valence-corrected chi connectivity index (χ4v) is 4.41. The van der Waals surface area contributed by atoms with Gasteiger partial charge in [0, 0.05) is 6.04 Å². The average Bonchev–Trinajstić information content (AvgIpc) is 3.25. The summed E-state index contributed by atoms with van der Waals surface area (Å²) in [4.78, 5) is 24.5. The van der Waals surface area contributed by atoms with Crippen molar-refractivity contribution in [1.29, 1.82) is 0 Å². The Balaban J connectivity index is 1.49. The van der Waals surface area contributed by atoms with Gasteiger partial charge < -0.3 is 14.8 Å². The second kappa shape index (κ2) is 8.23. The Hall–Kier alpha value is -2.18. The minimum Gasteiger partial charge on any atom is -0.449 e. The largest absolute Gasteiger partial charge is 0.449 e. The van der Waals surface area contributed by atoms with Crippen molar-refractivity contribution >= 4 is 11.9 Å². The Morgan fingerprint density at radius 2 is 1.81 bits per heavy atom. The maximum atomic E-state index is 12.4. The molecule has 0 aromatic heterocycles. The van der Waals surface area contributed by atoms with Crippen molar-refractivity contribution in [3.8, 4) is 5.75 Å². The highest BCUT2D eigenvalue weighted by Gasteiger charge is 2.42. The molecule has 1 aromatic carbocycles. The zero-order valence-corrected chi connectivity index (χ0v) is 15.5. The van der Waals surface area contributed by atoms with Crippen molar-refractivity contribution < 1.29 is 27.8 Å². The van der Waals surface area contributed by atoms with Gasteiger partial charge in [0.2, 0.25) is 0 Å². The lowest BCUT2D eigenvalue weighted by molar-refractivity contribution is -0.130. The van der Waals surface area contributed by atoms with Crippen LogP contribution in [0.1, 0.15) is 49.9 Å². The van der Waals surface area contributed by atoms with E-state index in [1.54, 1.807) is 0 Å². The van der Waals surface area contributed by atoms with E-state index in [1.165, 1.54) is 50.5 Å². The Morgan fingerprint density at radius 3 is 2.37 bits per heavy atom. The summed E-state index contributed by atoms with van der Waals surface area (Å²) in [7, 11) is 0. The summed E-state index contributed by atoms with van der Waals surface area (Å²) in [5, 5.41) is 2.97. The van der Waals surface area contributed by atoms with Crippen LogP contribution in [-0.4, -0.2) is 30.6 Å². The Labute approximate surface area is 157 Å². The number of amides is 1. The Kier molecular flexibility index (Phi) is 5.97. The number of benzene rings is 1. The van der Waals surface area contributed by atoms with Crippen LogP contribution in [0.5, 0.6) is 5.75 Å². The molecule has 0 spiro atoms. The summed E-state index contributed by atoms with van der Waals surface area (Å²) in [6, 6.07) is 5.21. The van der Waals surface area contributed by atoms with Gasteiger partial charge >= 0.3 is 12.6 Å². The van der Waals surface area contributed by atoms with Crippen molar-refractivity contribution in [3.63, 3.8) is 0 Å². The van der Waals surface area contributed by atoms with Crippen molar-refractivity contribution in [2.75, 3.05) is 0 Å². The highest BCUT2D eigenvalue weighted by molar-refractivity contribution is 5.92. The lowest BCUT2D eigenvalue weighted by Gasteiger charge is -2.29. The highest BCUT2D eigenvalue weighted by Crippen LogP contribution is 2.49. The minimum absolute atomic E-state index is 0.0490. The number of carbonyl (C=O) groups excluding carboxylic acids is 2. The smallest absolute Gasteiger partial charge is 0.387 e. The molecule has 5 nitrogen and oxygen atoms in total. The molecule has 1 amide bonds. The molecule has 0 unspecified atom stereocenters. The normalized spacial score (nSPS) is 25.9. The number of rotatable bonds is 7. The van der Waals surface area contributed by atoms with Crippen LogP contribution < -0.4 is 10.1 Å². The molecule has 2 fully saturated rings. The van der Waals surface area contributed by atoms with Crippen molar-refractivity contribution in [3.05, 3.63) is 29.8 Å². The second-order valence-corrected chi connectivity index (χ2v) is 7.59. The van der Waals surface area contributed by atoms with Crippen molar-refractivity contribution in [2.45, 2.75) is 58.3 Å². The lowest BCUT2D eigenvalue weighted by atomic mass is 9.84. The third-order valence-electron chi connectivity index (χ3n) is 5.77. The Morgan fingerprint density at radius 1 is 1.11 bits per heavy atom. The number of nitrogens with one attached hydrogen (secondary N) is 1. The molecule has 0 radical (unpaired) electrons. The van der Waals surface area contributed by atoms with Crippen molar-refractivity contribution in [1.82, 2.24) is 5.32 Å². The lowest BCUT2D eigenvalue weighted by Crippen LogP contribution is -2.45. The van der Waals surface area contributed by atoms with Gasteiger partial charge in [-0.25, -0.2) is 4.79 Å². The van der Waals surface area contributed by atoms with E-state index in [2.05, 4.69) is 10.1 Å². The van der Waals surface area contributed by atoms with Crippen LogP contribution in [0, 0.1) is 17.8 Å². The summed E-state index contributed by atoms with van der Waals surface area (Å²) in [5.74, 6) is 0.930. The highest BCUT2D eigenvalue weighted by atomic mass is 19.3. The van der Waals surface area contributed by atoms with Crippen LogP contribution in [0.3, 0.4) is 0 Å². The molecule has 2 bridgehead atoms. The molecule has 0 heterocycles. The molecular formula is C20H25F2NO4. The van der Waals surface area contributed by atoms with Crippen molar-refractivity contribution in [2.24, 2.45) is 17.8 Å². The maximum Gasteiger partial charge on any atom is 0.387 e. The monoisotopic (exact) mass is 381 g/mol. The van der Waals surface area contributed by atoms with E-state index < -0.39 is 18.7 Å². The first-order chi connectivity index (χ1) is 12.8. The SMILES string of the molecule is C[C@H](OC(=O)c1ccc(OC(F)F)cc1)C(=O)N[C@H](C)[C@@H]1C[C@H]2CC[C@H]1C2. The van der Waals surface area contributed by atoms with Crippen LogP contribution in [-0.2, 0) is 9.53 Å². The van der Waals surface area contributed by atoms with Gasteiger partial charge in [0.05, 0.1) is 5.56 Å². The van der Waals surface area contributed by atoms with Crippen LogP contribution in [0.2, 0.25) is 0 Å². The number of esters is 1. The molecule has 2 aliphatic rings. The average molecular weight is 381 g/mol. The van der Waals surface area contributed by atoms with Gasteiger partial charge in [-0.05, 0) is 75.1 Å². The summed E-state index contributed by atoms with van der Waals surface area (Å²) < 4.78 is 33.7. The predicted molar refractivity (Wildman–Crippen MR) is 94.5 cm³/mol. The van der Waals surface area contributed by atoms with E-state index in [4.69, 9.17) is 4.74 Å². The molecule has 1 N–H and O–H groups in total. The number of fused-ring (bicyclic) bond motifs is 2. The fraction of sp³-hybridized carbons (Fsp3) is 0.600.